The number of fused-ring (bicyclic) bond motifs is 2. The van der Waals surface area contributed by atoms with Crippen LogP contribution in [0.25, 0.3) is 11.2 Å². The monoisotopic (exact) mass is 488 g/mol. The summed E-state index contributed by atoms with van der Waals surface area (Å²) in [5.41, 5.74) is 6.44. The van der Waals surface area contributed by atoms with Gasteiger partial charge in [0.15, 0.2) is 5.78 Å². The van der Waals surface area contributed by atoms with Gasteiger partial charge in [-0.05, 0) is 54.9 Å². The van der Waals surface area contributed by atoms with E-state index in [1.807, 2.05) is 28.9 Å². The lowest BCUT2D eigenvalue weighted by Crippen LogP contribution is -2.02. The van der Waals surface area contributed by atoms with E-state index in [0.717, 1.165) is 28.1 Å². The molecule has 5 heterocycles. The number of aromatic nitrogens is 6. The second-order valence-corrected chi connectivity index (χ2v) is 9.62. The van der Waals surface area contributed by atoms with Gasteiger partial charge in [0, 0.05) is 42.8 Å². The van der Waals surface area contributed by atoms with E-state index < -0.39 is 0 Å². The molecular formula is C26H25ClN6O2. The van der Waals surface area contributed by atoms with Crippen LogP contribution in [0.2, 0.25) is 5.02 Å². The molecule has 9 heteroatoms. The highest BCUT2D eigenvalue weighted by Crippen LogP contribution is 2.40. The third-order valence-corrected chi connectivity index (χ3v) is 6.81. The van der Waals surface area contributed by atoms with Crippen molar-refractivity contribution in [1.29, 1.82) is 0 Å². The van der Waals surface area contributed by atoms with Crippen LogP contribution in [0.4, 0.5) is 0 Å². The van der Waals surface area contributed by atoms with Gasteiger partial charge in [-0.25, -0.2) is 9.97 Å². The van der Waals surface area contributed by atoms with Crippen molar-refractivity contribution < 1.29 is 9.90 Å². The number of imidazole rings is 2. The molecule has 0 atom stereocenters. The third kappa shape index (κ3) is 4.47. The van der Waals surface area contributed by atoms with Gasteiger partial charge < -0.3 is 13.9 Å². The number of Topliss-reactive ketones (excluding diaryl/α,β-unsaturated/α-hetero) is 1. The van der Waals surface area contributed by atoms with E-state index in [2.05, 4.69) is 26.7 Å². The molecule has 8 nitrogen and oxygen atoms in total. The van der Waals surface area contributed by atoms with Crippen molar-refractivity contribution in [1.82, 2.24) is 28.5 Å². The van der Waals surface area contributed by atoms with Crippen molar-refractivity contribution in [2.24, 2.45) is 0 Å². The SMILES string of the molecule is O=C(CCc1ncn2ccc(Cl)cc12)c1cnn(Cc2cn3cc(C4CC4)cc(CCO)c3n2)c1. The first kappa shape index (κ1) is 22.0. The third-order valence-electron chi connectivity index (χ3n) is 6.58. The number of nitrogens with zero attached hydrogens (tertiary/aromatic N) is 6. The molecule has 0 radical (unpaired) electrons. The van der Waals surface area contributed by atoms with Crippen LogP contribution in [0.1, 0.15) is 58.1 Å². The van der Waals surface area contributed by atoms with Crippen molar-refractivity contribution in [2.75, 3.05) is 6.61 Å². The van der Waals surface area contributed by atoms with E-state index in [1.165, 1.54) is 18.4 Å². The zero-order chi connectivity index (χ0) is 23.9. The van der Waals surface area contributed by atoms with E-state index in [-0.39, 0.29) is 12.4 Å². The fourth-order valence-corrected chi connectivity index (χ4v) is 4.77. The second kappa shape index (κ2) is 8.94. The van der Waals surface area contributed by atoms with E-state index in [9.17, 15) is 9.90 Å². The molecule has 1 aliphatic carbocycles. The largest absolute Gasteiger partial charge is 0.396 e. The van der Waals surface area contributed by atoms with E-state index in [1.54, 1.807) is 23.4 Å². The normalized spacial score (nSPS) is 13.8. The number of aliphatic hydroxyl groups excluding tert-OH is 1. The Bertz CT molecular complexity index is 1540. The molecule has 5 aromatic rings. The Labute approximate surface area is 206 Å². The maximum atomic E-state index is 12.8. The van der Waals surface area contributed by atoms with Crippen LogP contribution < -0.4 is 0 Å². The molecule has 0 unspecified atom stereocenters. The Balaban J connectivity index is 1.16. The highest BCUT2D eigenvalue weighted by atomic mass is 35.5. The number of hydrogen-bond acceptors (Lipinski definition) is 5. The number of carbonyl (C=O) groups excluding carboxylic acids is 1. The van der Waals surface area contributed by atoms with Crippen LogP contribution in [0.3, 0.4) is 0 Å². The molecule has 1 saturated carbocycles. The van der Waals surface area contributed by atoms with E-state index >= 15 is 0 Å². The summed E-state index contributed by atoms with van der Waals surface area (Å²) in [4.78, 5) is 22.0. The van der Waals surface area contributed by atoms with Crippen LogP contribution in [-0.2, 0) is 19.4 Å². The van der Waals surface area contributed by atoms with Crippen molar-refractivity contribution in [3.63, 3.8) is 0 Å². The first-order chi connectivity index (χ1) is 17.1. The Kier molecular flexibility index (Phi) is 5.62. The Morgan fingerprint density at radius 2 is 2.03 bits per heavy atom. The Morgan fingerprint density at radius 3 is 2.86 bits per heavy atom. The molecule has 0 aliphatic heterocycles. The lowest BCUT2D eigenvalue weighted by Gasteiger charge is -2.06. The first-order valence-electron chi connectivity index (χ1n) is 11.9. The zero-order valence-electron chi connectivity index (χ0n) is 19.1. The molecule has 178 valence electrons. The molecule has 5 aromatic heterocycles. The quantitative estimate of drug-likeness (QED) is 0.315. The van der Waals surface area contributed by atoms with Crippen molar-refractivity contribution in [3.8, 4) is 0 Å². The average molecular weight is 489 g/mol. The standard InChI is InChI=1S/C26H25ClN6O2/c27-21-5-7-31-16-28-23(24(31)10-21)3-4-25(35)20-11-29-33(13-20)15-22-14-32-12-19(17-1-2-17)9-18(6-8-34)26(32)30-22/h5,7,9-14,16-17,34H,1-4,6,8,15H2. The molecule has 1 fully saturated rings. The minimum atomic E-state index is 0.0220. The average Bonchev–Trinajstić information content (AvgIpc) is 3.26. The first-order valence-corrected chi connectivity index (χ1v) is 12.2. The number of halogens is 1. The van der Waals surface area contributed by atoms with Gasteiger partial charge in [0.2, 0.25) is 0 Å². The molecule has 35 heavy (non-hydrogen) atoms. The van der Waals surface area contributed by atoms with Crippen molar-refractivity contribution >= 4 is 28.5 Å². The Hall–Kier alpha value is -3.49. The van der Waals surface area contributed by atoms with Gasteiger partial charge in [-0.15, -0.1) is 0 Å². The summed E-state index contributed by atoms with van der Waals surface area (Å²) in [6.45, 7) is 0.564. The highest BCUT2D eigenvalue weighted by Gasteiger charge is 2.25. The summed E-state index contributed by atoms with van der Waals surface area (Å²) in [6, 6.07) is 5.85. The molecule has 1 aliphatic rings. The molecule has 1 N–H and O–H groups in total. The summed E-state index contributed by atoms with van der Waals surface area (Å²) in [7, 11) is 0. The topological polar surface area (TPSA) is 89.7 Å². The van der Waals surface area contributed by atoms with Gasteiger partial charge in [-0.3, -0.25) is 9.48 Å². The second-order valence-electron chi connectivity index (χ2n) is 9.19. The van der Waals surface area contributed by atoms with Gasteiger partial charge in [-0.1, -0.05) is 17.7 Å². The van der Waals surface area contributed by atoms with Crippen LogP contribution in [0, 0.1) is 0 Å². The molecule has 0 amide bonds. The molecule has 0 bridgehead atoms. The maximum Gasteiger partial charge on any atom is 0.166 e. The molecule has 6 rings (SSSR count). The lowest BCUT2D eigenvalue weighted by atomic mass is 10.1. The minimum absolute atomic E-state index is 0.0220. The van der Waals surface area contributed by atoms with Gasteiger partial charge in [0.25, 0.3) is 0 Å². The number of hydrogen-bond donors (Lipinski definition) is 1. The highest BCUT2D eigenvalue weighted by molar-refractivity contribution is 6.30. The number of rotatable bonds is 9. The minimum Gasteiger partial charge on any atom is -0.396 e. The van der Waals surface area contributed by atoms with E-state index in [0.29, 0.717) is 42.3 Å². The fourth-order valence-electron chi connectivity index (χ4n) is 4.61. The molecule has 0 aromatic carbocycles. The lowest BCUT2D eigenvalue weighted by molar-refractivity contribution is 0.0982. The molecular weight excluding hydrogens is 464 g/mol. The molecule has 0 saturated heterocycles. The summed E-state index contributed by atoms with van der Waals surface area (Å²) in [5, 5.41) is 14.5. The van der Waals surface area contributed by atoms with Crippen molar-refractivity contribution in [3.05, 3.63) is 88.6 Å². The number of pyridine rings is 2. The fraction of sp³-hybridized carbons (Fsp3) is 0.308. The van der Waals surface area contributed by atoms with Gasteiger partial charge in [0.05, 0.1) is 41.5 Å². The summed E-state index contributed by atoms with van der Waals surface area (Å²) in [5.74, 6) is 0.647. The zero-order valence-corrected chi connectivity index (χ0v) is 19.9. The maximum absolute atomic E-state index is 12.8. The van der Waals surface area contributed by atoms with Crippen LogP contribution in [0.15, 0.2) is 55.5 Å². The predicted octanol–water partition coefficient (Wildman–Crippen LogP) is 4.11. The summed E-state index contributed by atoms with van der Waals surface area (Å²) < 4.78 is 5.71. The van der Waals surface area contributed by atoms with Gasteiger partial charge >= 0.3 is 0 Å². The van der Waals surface area contributed by atoms with Crippen LogP contribution in [-0.4, -0.2) is 46.0 Å². The number of aryl methyl sites for hydroxylation is 1. The summed E-state index contributed by atoms with van der Waals surface area (Å²) in [6.07, 6.45) is 15.0. The Morgan fingerprint density at radius 1 is 1.14 bits per heavy atom. The van der Waals surface area contributed by atoms with Gasteiger partial charge in [0.1, 0.15) is 5.65 Å². The smallest absolute Gasteiger partial charge is 0.166 e. The number of aliphatic hydroxyl groups is 1. The van der Waals surface area contributed by atoms with Gasteiger partial charge in [-0.2, -0.15) is 5.10 Å². The molecule has 0 spiro atoms. The van der Waals surface area contributed by atoms with Crippen LogP contribution >= 0.6 is 11.6 Å². The number of carbonyl (C=O) groups is 1. The van der Waals surface area contributed by atoms with Crippen LogP contribution in [0.5, 0.6) is 0 Å². The summed E-state index contributed by atoms with van der Waals surface area (Å²) >= 11 is 6.11. The predicted molar refractivity (Wildman–Crippen MR) is 132 cm³/mol. The van der Waals surface area contributed by atoms with E-state index in [4.69, 9.17) is 16.6 Å². The van der Waals surface area contributed by atoms with Crippen molar-refractivity contribution in [2.45, 2.75) is 44.6 Å². The number of ketones is 1.